The van der Waals surface area contributed by atoms with Crippen LogP contribution in [0.4, 0.5) is 5.82 Å². The number of anilines is 1. The van der Waals surface area contributed by atoms with Gasteiger partial charge in [-0.25, -0.2) is 9.67 Å². The first-order chi connectivity index (χ1) is 11.6. The Kier molecular flexibility index (Phi) is 4.33. The standard InChI is InChI=1S/C17H18N6O/c1-4-16(24)20-15-9-14(13-6-5-7-18-10-13)19-17(21-15)23-12(3)8-11(2)22-23/h5-10H,4H2,1-3H3,(H,19,20,21,24). The van der Waals surface area contributed by atoms with Gasteiger partial charge in [-0.3, -0.25) is 9.78 Å². The van der Waals surface area contributed by atoms with Crippen LogP contribution < -0.4 is 5.32 Å². The molecule has 1 amide bonds. The van der Waals surface area contributed by atoms with Crippen molar-refractivity contribution in [1.82, 2.24) is 24.7 Å². The number of carbonyl (C=O) groups is 1. The summed E-state index contributed by atoms with van der Waals surface area (Å²) in [7, 11) is 0. The van der Waals surface area contributed by atoms with E-state index in [0.29, 0.717) is 23.9 Å². The van der Waals surface area contributed by atoms with E-state index in [4.69, 9.17) is 0 Å². The summed E-state index contributed by atoms with van der Waals surface area (Å²) in [5.74, 6) is 0.747. The van der Waals surface area contributed by atoms with E-state index in [1.165, 1.54) is 0 Å². The number of nitrogens with zero attached hydrogens (tertiary/aromatic N) is 5. The van der Waals surface area contributed by atoms with Gasteiger partial charge in [-0.2, -0.15) is 10.1 Å². The van der Waals surface area contributed by atoms with Crippen LogP contribution in [0.3, 0.4) is 0 Å². The quantitative estimate of drug-likeness (QED) is 0.798. The van der Waals surface area contributed by atoms with Crippen molar-refractivity contribution in [3.05, 3.63) is 48.0 Å². The lowest BCUT2D eigenvalue weighted by atomic mass is 10.2. The highest BCUT2D eigenvalue weighted by Crippen LogP contribution is 2.21. The van der Waals surface area contributed by atoms with Gasteiger partial charge in [0, 0.05) is 36.1 Å². The van der Waals surface area contributed by atoms with E-state index in [1.807, 2.05) is 32.0 Å². The summed E-state index contributed by atoms with van der Waals surface area (Å²) >= 11 is 0. The van der Waals surface area contributed by atoms with E-state index < -0.39 is 0 Å². The highest BCUT2D eigenvalue weighted by Gasteiger charge is 2.12. The molecule has 0 aromatic carbocycles. The molecule has 1 N–H and O–H groups in total. The van der Waals surface area contributed by atoms with Crippen LogP contribution in [0.1, 0.15) is 24.7 Å². The van der Waals surface area contributed by atoms with E-state index in [-0.39, 0.29) is 5.91 Å². The van der Waals surface area contributed by atoms with E-state index in [1.54, 1.807) is 30.1 Å². The van der Waals surface area contributed by atoms with Crippen molar-refractivity contribution in [2.75, 3.05) is 5.32 Å². The van der Waals surface area contributed by atoms with Gasteiger partial charge in [-0.05, 0) is 32.0 Å². The Morgan fingerprint density at radius 3 is 2.71 bits per heavy atom. The summed E-state index contributed by atoms with van der Waals surface area (Å²) < 4.78 is 1.66. The zero-order valence-electron chi connectivity index (χ0n) is 13.8. The number of carbonyl (C=O) groups excluding carboxylic acids is 1. The maximum atomic E-state index is 11.7. The van der Waals surface area contributed by atoms with Crippen LogP contribution in [-0.2, 0) is 4.79 Å². The zero-order valence-corrected chi connectivity index (χ0v) is 13.8. The number of nitrogens with one attached hydrogen (secondary N) is 1. The maximum Gasteiger partial charge on any atom is 0.253 e. The Hall–Kier alpha value is -3.09. The summed E-state index contributed by atoms with van der Waals surface area (Å²) in [6.07, 6.45) is 3.80. The molecule has 0 atom stereocenters. The van der Waals surface area contributed by atoms with Gasteiger partial charge in [0.2, 0.25) is 5.91 Å². The van der Waals surface area contributed by atoms with Gasteiger partial charge >= 0.3 is 0 Å². The molecule has 3 rings (SSSR count). The molecule has 0 unspecified atom stereocenters. The maximum absolute atomic E-state index is 11.7. The summed E-state index contributed by atoms with van der Waals surface area (Å²) in [6.45, 7) is 5.64. The Balaban J connectivity index is 2.12. The molecule has 0 fully saturated rings. The summed E-state index contributed by atoms with van der Waals surface area (Å²) in [6, 6.07) is 7.43. The molecule has 0 aliphatic heterocycles. The van der Waals surface area contributed by atoms with E-state index >= 15 is 0 Å². The van der Waals surface area contributed by atoms with Crippen molar-refractivity contribution < 1.29 is 4.79 Å². The Morgan fingerprint density at radius 1 is 1.25 bits per heavy atom. The van der Waals surface area contributed by atoms with E-state index in [2.05, 4.69) is 25.4 Å². The van der Waals surface area contributed by atoms with Gasteiger partial charge < -0.3 is 5.32 Å². The predicted molar refractivity (Wildman–Crippen MR) is 90.8 cm³/mol. The molecule has 3 aromatic rings. The smallest absolute Gasteiger partial charge is 0.253 e. The molecule has 7 nitrogen and oxygen atoms in total. The van der Waals surface area contributed by atoms with Crippen molar-refractivity contribution >= 4 is 11.7 Å². The van der Waals surface area contributed by atoms with Crippen LogP contribution in [0.5, 0.6) is 0 Å². The molecule has 0 aliphatic rings. The molecule has 0 aliphatic carbocycles. The number of hydrogen-bond acceptors (Lipinski definition) is 5. The minimum absolute atomic E-state index is 0.106. The highest BCUT2D eigenvalue weighted by atomic mass is 16.1. The van der Waals surface area contributed by atoms with Crippen LogP contribution in [0, 0.1) is 13.8 Å². The fourth-order valence-electron chi connectivity index (χ4n) is 2.32. The lowest BCUT2D eigenvalue weighted by Gasteiger charge is -2.10. The Labute approximate surface area is 139 Å². The van der Waals surface area contributed by atoms with E-state index in [9.17, 15) is 4.79 Å². The first-order valence-corrected chi connectivity index (χ1v) is 7.70. The molecule has 122 valence electrons. The van der Waals surface area contributed by atoms with Crippen LogP contribution >= 0.6 is 0 Å². The predicted octanol–water partition coefficient (Wildman–Crippen LogP) is 2.69. The first-order valence-electron chi connectivity index (χ1n) is 7.70. The van der Waals surface area contributed by atoms with Crippen LogP contribution in [0.25, 0.3) is 17.2 Å². The topological polar surface area (TPSA) is 85.6 Å². The van der Waals surface area contributed by atoms with E-state index in [0.717, 1.165) is 17.0 Å². The molecule has 0 radical (unpaired) electrons. The van der Waals surface area contributed by atoms with Crippen molar-refractivity contribution in [3.63, 3.8) is 0 Å². The minimum Gasteiger partial charge on any atom is -0.311 e. The van der Waals surface area contributed by atoms with Gasteiger partial charge in [-0.15, -0.1) is 0 Å². The summed E-state index contributed by atoms with van der Waals surface area (Å²) in [5, 5.41) is 7.21. The fourth-order valence-corrected chi connectivity index (χ4v) is 2.32. The lowest BCUT2D eigenvalue weighted by Crippen LogP contribution is -2.14. The van der Waals surface area contributed by atoms with Crippen molar-refractivity contribution in [2.24, 2.45) is 0 Å². The van der Waals surface area contributed by atoms with Gasteiger partial charge in [0.15, 0.2) is 0 Å². The van der Waals surface area contributed by atoms with Gasteiger partial charge in [0.05, 0.1) is 11.4 Å². The number of hydrogen-bond donors (Lipinski definition) is 1. The molecule has 0 saturated heterocycles. The molecule has 7 heteroatoms. The van der Waals surface area contributed by atoms with Gasteiger partial charge in [0.1, 0.15) is 5.82 Å². The SMILES string of the molecule is CCC(=O)Nc1cc(-c2cccnc2)nc(-n2nc(C)cc2C)n1. The lowest BCUT2D eigenvalue weighted by molar-refractivity contribution is -0.115. The van der Waals surface area contributed by atoms with Crippen LogP contribution in [-0.4, -0.2) is 30.6 Å². The van der Waals surface area contributed by atoms with Gasteiger partial charge in [0.25, 0.3) is 5.95 Å². The third-order valence-corrected chi connectivity index (χ3v) is 3.46. The average Bonchev–Trinajstić information content (AvgIpc) is 2.93. The first kappa shape index (κ1) is 15.8. The second-order valence-electron chi connectivity index (χ2n) is 5.42. The number of aryl methyl sites for hydroxylation is 2. The molecule has 3 aromatic heterocycles. The minimum atomic E-state index is -0.106. The zero-order chi connectivity index (χ0) is 17.1. The average molecular weight is 322 g/mol. The Bertz CT molecular complexity index is 872. The second kappa shape index (κ2) is 6.57. The molecule has 24 heavy (non-hydrogen) atoms. The number of amides is 1. The summed E-state index contributed by atoms with van der Waals surface area (Å²) in [4.78, 5) is 24.9. The van der Waals surface area contributed by atoms with Crippen molar-refractivity contribution in [3.8, 4) is 17.2 Å². The third-order valence-electron chi connectivity index (χ3n) is 3.46. The number of rotatable bonds is 4. The molecule has 0 bridgehead atoms. The number of aromatic nitrogens is 5. The molecule has 0 saturated carbocycles. The molecule has 0 spiro atoms. The van der Waals surface area contributed by atoms with Crippen LogP contribution in [0.2, 0.25) is 0 Å². The molecule has 3 heterocycles. The normalized spacial score (nSPS) is 10.6. The largest absolute Gasteiger partial charge is 0.311 e. The molecular formula is C17H18N6O. The highest BCUT2D eigenvalue weighted by molar-refractivity contribution is 5.90. The fraction of sp³-hybridized carbons (Fsp3) is 0.235. The number of pyridine rings is 1. The van der Waals surface area contributed by atoms with Gasteiger partial charge in [-0.1, -0.05) is 6.92 Å². The Morgan fingerprint density at radius 2 is 2.08 bits per heavy atom. The summed E-state index contributed by atoms with van der Waals surface area (Å²) in [5.41, 5.74) is 3.31. The monoisotopic (exact) mass is 322 g/mol. The second-order valence-corrected chi connectivity index (χ2v) is 5.42. The third kappa shape index (κ3) is 3.29. The van der Waals surface area contributed by atoms with Crippen LogP contribution in [0.15, 0.2) is 36.7 Å². The van der Waals surface area contributed by atoms with Crippen molar-refractivity contribution in [2.45, 2.75) is 27.2 Å². The van der Waals surface area contributed by atoms with Crippen molar-refractivity contribution in [1.29, 1.82) is 0 Å². The molecular weight excluding hydrogens is 304 g/mol.